The molecule has 1 aromatic carbocycles. The molecule has 0 radical (unpaired) electrons. The smallest absolute Gasteiger partial charge is 0.348 e. The van der Waals surface area contributed by atoms with Crippen LogP contribution in [-0.4, -0.2) is 24.2 Å². The third-order valence-electron chi connectivity index (χ3n) is 3.30. The second-order valence-corrected chi connectivity index (χ2v) is 7.39. The predicted octanol–water partition coefficient (Wildman–Crippen LogP) is 4.73. The van der Waals surface area contributed by atoms with E-state index in [9.17, 15) is 18.4 Å². The molecule has 1 heterocycles. The van der Waals surface area contributed by atoms with E-state index in [-0.39, 0.29) is 0 Å². The number of thioether (sulfide) groups is 1. The van der Waals surface area contributed by atoms with E-state index in [4.69, 9.17) is 4.74 Å². The van der Waals surface area contributed by atoms with Gasteiger partial charge in [-0.05, 0) is 49.2 Å². The van der Waals surface area contributed by atoms with Gasteiger partial charge in [-0.1, -0.05) is 18.7 Å². The quantitative estimate of drug-likeness (QED) is 0.553. The molecule has 0 saturated carbocycles. The summed E-state index contributed by atoms with van der Waals surface area (Å²) in [6, 6.07) is 7.78. The maximum absolute atomic E-state index is 12.2. The molecule has 0 bridgehead atoms. The molecule has 4 nitrogen and oxygen atoms in total. The van der Waals surface area contributed by atoms with Crippen LogP contribution in [0.2, 0.25) is 0 Å². The van der Waals surface area contributed by atoms with Crippen LogP contribution >= 0.6 is 23.1 Å². The van der Waals surface area contributed by atoms with Crippen LogP contribution in [0.5, 0.6) is 0 Å². The van der Waals surface area contributed by atoms with Crippen LogP contribution in [0.3, 0.4) is 0 Å². The van der Waals surface area contributed by atoms with E-state index in [2.05, 4.69) is 5.32 Å². The largest absolute Gasteiger partial charge is 0.451 e. The Hall–Kier alpha value is -1.93. The van der Waals surface area contributed by atoms with Crippen molar-refractivity contribution < 1.29 is 23.1 Å². The lowest BCUT2D eigenvalue weighted by atomic mass is 10.2. The molecule has 0 atom stereocenters. The lowest BCUT2D eigenvalue weighted by Gasteiger charge is -2.07. The molecule has 0 aliphatic heterocycles. The topological polar surface area (TPSA) is 55.4 Å². The van der Waals surface area contributed by atoms with Gasteiger partial charge >= 0.3 is 5.97 Å². The fourth-order valence-corrected chi connectivity index (χ4v) is 3.60. The van der Waals surface area contributed by atoms with E-state index in [0.717, 1.165) is 16.9 Å². The van der Waals surface area contributed by atoms with Gasteiger partial charge in [-0.25, -0.2) is 4.79 Å². The third kappa shape index (κ3) is 5.82. The van der Waals surface area contributed by atoms with Gasteiger partial charge in [0.05, 0.1) is 0 Å². The zero-order valence-corrected chi connectivity index (χ0v) is 15.3. The van der Waals surface area contributed by atoms with Gasteiger partial charge in [0.2, 0.25) is 0 Å². The van der Waals surface area contributed by atoms with Crippen molar-refractivity contribution in [2.75, 3.05) is 11.9 Å². The number of benzene rings is 1. The van der Waals surface area contributed by atoms with E-state index in [1.54, 1.807) is 6.07 Å². The fourth-order valence-electron chi connectivity index (χ4n) is 2.09. The number of nitrogens with one attached hydrogen (secondary N) is 1. The van der Waals surface area contributed by atoms with Crippen LogP contribution in [0, 0.1) is 6.92 Å². The van der Waals surface area contributed by atoms with Gasteiger partial charge < -0.3 is 10.1 Å². The molecular formula is C17H17F2NO3S2. The SMILES string of the molecule is CCc1cc(C(=O)OCC(=O)Nc2ccc(SC(F)F)cc2)sc1C. The Morgan fingerprint density at radius 3 is 2.52 bits per heavy atom. The van der Waals surface area contributed by atoms with E-state index < -0.39 is 24.2 Å². The number of thiophene rings is 1. The summed E-state index contributed by atoms with van der Waals surface area (Å²) in [5.41, 5.74) is 1.53. The molecular weight excluding hydrogens is 368 g/mol. The Morgan fingerprint density at radius 1 is 1.28 bits per heavy atom. The molecule has 134 valence electrons. The maximum Gasteiger partial charge on any atom is 0.348 e. The van der Waals surface area contributed by atoms with Crippen molar-refractivity contribution in [2.24, 2.45) is 0 Å². The molecule has 8 heteroatoms. The number of ether oxygens (including phenoxy) is 1. The number of aryl methyl sites for hydroxylation is 2. The minimum atomic E-state index is -2.49. The summed E-state index contributed by atoms with van der Waals surface area (Å²) in [6.07, 6.45) is 0.829. The van der Waals surface area contributed by atoms with Crippen molar-refractivity contribution in [2.45, 2.75) is 30.9 Å². The number of carbonyl (C=O) groups is 2. The van der Waals surface area contributed by atoms with Crippen molar-refractivity contribution in [3.63, 3.8) is 0 Å². The van der Waals surface area contributed by atoms with Gasteiger partial charge in [-0.2, -0.15) is 8.78 Å². The first-order valence-electron chi connectivity index (χ1n) is 7.50. The number of halogens is 2. The molecule has 0 fully saturated rings. The average molecular weight is 385 g/mol. The van der Waals surface area contributed by atoms with Crippen LogP contribution in [-0.2, 0) is 16.0 Å². The molecule has 1 aromatic heterocycles. The number of hydrogen-bond donors (Lipinski definition) is 1. The predicted molar refractivity (Wildman–Crippen MR) is 95.6 cm³/mol. The molecule has 0 unspecified atom stereocenters. The lowest BCUT2D eigenvalue weighted by molar-refractivity contribution is -0.119. The minimum Gasteiger partial charge on any atom is -0.451 e. The molecule has 2 rings (SSSR count). The number of amides is 1. The highest BCUT2D eigenvalue weighted by atomic mass is 32.2. The second kappa shape index (κ2) is 8.96. The van der Waals surface area contributed by atoms with Gasteiger partial charge in [0.25, 0.3) is 11.7 Å². The number of alkyl halides is 2. The van der Waals surface area contributed by atoms with E-state index >= 15 is 0 Å². The zero-order valence-electron chi connectivity index (χ0n) is 13.7. The molecule has 0 aliphatic carbocycles. The highest BCUT2D eigenvalue weighted by Crippen LogP contribution is 2.26. The van der Waals surface area contributed by atoms with Crippen molar-refractivity contribution in [1.29, 1.82) is 0 Å². The van der Waals surface area contributed by atoms with Gasteiger partial charge in [0.1, 0.15) is 4.88 Å². The Morgan fingerprint density at radius 2 is 1.96 bits per heavy atom. The normalized spacial score (nSPS) is 10.8. The fraction of sp³-hybridized carbons (Fsp3) is 0.294. The second-order valence-electron chi connectivity index (χ2n) is 5.07. The van der Waals surface area contributed by atoms with Crippen LogP contribution in [0.25, 0.3) is 0 Å². The van der Waals surface area contributed by atoms with Crippen molar-refractivity contribution >= 4 is 40.7 Å². The van der Waals surface area contributed by atoms with E-state index in [0.29, 0.717) is 27.2 Å². The van der Waals surface area contributed by atoms with Crippen LogP contribution in [0.15, 0.2) is 35.2 Å². The highest BCUT2D eigenvalue weighted by Gasteiger charge is 2.15. The first kappa shape index (κ1) is 19.4. The van der Waals surface area contributed by atoms with Crippen molar-refractivity contribution in [3.05, 3.63) is 45.6 Å². The third-order valence-corrected chi connectivity index (χ3v) is 5.10. The summed E-state index contributed by atoms with van der Waals surface area (Å²) in [5.74, 6) is -3.52. The molecule has 0 aliphatic rings. The molecule has 0 spiro atoms. The maximum atomic E-state index is 12.2. The number of rotatable bonds is 7. The Labute approximate surface area is 152 Å². The van der Waals surface area contributed by atoms with E-state index in [1.165, 1.54) is 35.6 Å². The van der Waals surface area contributed by atoms with Crippen molar-refractivity contribution in [1.82, 2.24) is 0 Å². The molecule has 1 N–H and O–H groups in total. The summed E-state index contributed by atoms with van der Waals surface area (Å²) < 4.78 is 29.5. The Balaban J connectivity index is 1.84. The van der Waals surface area contributed by atoms with Crippen LogP contribution in [0.4, 0.5) is 14.5 Å². The van der Waals surface area contributed by atoms with Gasteiger partial charge in [0, 0.05) is 15.5 Å². The van der Waals surface area contributed by atoms with Crippen LogP contribution < -0.4 is 5.32 Å². The Kier molecular flexibility index (Phi) is 6.95. The summed E-state index contributed by atoms with van der Waals surface area (Å²) >= 11 is 1.77. The lowest BCUT2D eigenvalue weighted by Crippen LogP contribution is -2.20. The molecule has 2 aromatic rings. The van der Waals surface area contributed by atoms with Crippen LogP contribution in [0.1, 0.15) is 27.0 Å². The highest BCUT2D eigenvalue weighted by molar-refractivity contribution is 7.99. The summed E-state index contributed by atoms with van der Waals surface area (Å²) in [4.78, 5) is 25.7. The average Bonchev–Trinajstić information content (AvgIpc) is 2.95. The molecule has 25 heavy (non-hydrogen) atoms. The first-order chi connectivity index (χ1) is 11.9. The summed E-state index contributed by atoms with van der Waals surface area (Å²) in [7, 11) is 0. The van der Waals surface area contributed by atoms with Gasteiger partial charge in [-0.15, -0.1) is 11.3 Å². The number of anilines is 1. The summed E-state index contributed by atoms with van der Waals surface area (Å²) in [5, 5.41) is 2.55. The van der Waals surface area contributed by atoms with E-state index in [1.807, 2.05) is 13.8 Å². The number of esters is 1. The zero-order chi connectivity index (χ0) is 18.4. The van der Waals surface area contributed by atoms with Gasteiger partial charge in [-0.3, -0.25) is 4.79 Å². The first-order valence-corrected chi connectivity index (χ1v) is 9.19. The monoisotopic (exact) mass is 385 g/mol. The molecule has 0 saturated heterocycles. The minimum absolute atomic E-state index is 0.402. The molecule has 1 amide bonds. The summed E-state index contributed by atoms with van der Waals surface area (Å²) in [6.45, 7) is 3.52. The number of carbonyl (C=O) groups excluding carboxylic acids is 2. The van der Waals surface area contributed by atoms with Gasteiger partial charge in [0.15, 0.2) is 6.61 Å². The Bertz CT molecular complexity index is 745. The standard InChI is InChI=1S/C17H17F2NO3S2/c1-3-11-8-14(24-10(11)2)16(22)23-9-15(21)20-12-4-6-13(7-5-12)25-17(18)19/h4-8,17H,3,9H2,1-2H3,(H,20,21). The number of hydrogen-bond acceptors (Lipinski definition) is 5. The van der Waals surface area contributed by atoms with Crippen molar-refractivity contribution in [3.8, 4) is 0 Å².